The number of rotatable bonds is 3. The first-order chi connectivity index (χ1) is 4.66. The molecule has 0 radical (unpaired) electrons. The lowest BCUT2D eigenvalue weighted by atomic mass is 10.3. The standard InChI is InChI=1S/C8H15NS/c1-5-8(4)9-10-6-7(2)3/h6H,5H2,1-4H3. The van der Waals surface area contributed by atoms with Crippen LogP contribution in [0.2, 0.25) is 0 Å². The van der Waals surface area contributed by atoms with E-state index < -0.39 is 0 Å². The Kier molecular flexibility index (Phi) is 5.40. The van der Waals surface area contributed by atoms with Crippen LogP contribution in [0.4, 0.5) is 0 Å². The Labute approximate surface area is 67.8 Å². The average molecular weight is 157 g/mol. The van der Waals surface area contributed by atoms with E-state index in [1.54, 1.807) is 0 Å². The van der Waals surface area contributed by atoms with E-state index in [-0.39, 0.29) is 0 Å². The Bertz CT molecular complexity index is 143. The van der Waals surface area contributed by atoms with E-state index in [0.29, 0.717) is 0 Å². The van der Waals surface area contributed by atoms with Gasteiger partial charge in [0.1, 0.15) is 0 Å². The van der Waals surface area contributed by atoms with Gasteiger partial charge in [-0.1, -0.05) is 12.5 Å². The Morgan fingerprint density at radius 1 is 1.40 bits per heavy atom. The summed E-state index contributed by atoms with van der Waals surface area (Å²) in [5, 5.41) is 2.05. The molecule has 0 saturated heterocycles. The molecule has 0 fully saturated rings. The molecular weight excluding hydrogens is 142 g/mol. The van der Waals surface area contributed by atoms with Gasteiger partial charge in [0, 0.05) is 17.7 Å². The van der Waals surface area contributed by atoms with Crippen LogP contribution in [0.1, 0.15) is 34.1 Å². The minimum Gasteiger partial charge on any atom is -0.221 e. The van der Waals surface area contributed by atoms with E-state index in [1.165, 1.54) is 23.2 Å². The normalized spacial score (nSPS) is 11.4. The Morgan fingerprint density at radius 2 is 2.00 bits per heavy atom. The summed E-state index contributed by atoms with van der Waals surface area (Å²) >= 11 is 1.52. The molecule has 0 aliphatic carbocycles. The van der Waals surface area contributed by atoms with Crippen molar-refractivity contribution in [2.24, 2.45) is 4.40 Å². The fourth-order valence-corrected chi connectivity index (χ4v) is 0.859. The van der Waals surface area contributed by atoms with Crippen LogP contribution in [0.25, 0.3) is 0 Å². The van der Waals surface area contributed by atoms with Crippen LogP contribution in [0.5, 0.6) is 0 Å². The quantitative estimate of drug-likeness (QED) is 0.451. The van der Waals surface area contributed by atoms with E-state index in [2.05, 4.69) is 30.6 Å². The molecular formula is C8H15NS. The van der Waals surface area contributed by atoms with Crippen LogP contribution in [0, 0.1) is 0 Å². The second-order valence-electron chi connectivity index (χ2n) is 2.48. The van der Waals surface area contributed by atoms with Gasteiger partial charge in [-0.15, -0.1) is 0 Å². The molecule has 1 nitrogen and oxygen atoms in total. The summed E-state index contributed by atoms with van der Waals surface area (Å²) in [5.41, 5.74) is 2.50. The van der Waals surface area contributed by atoms with Gasteiger partial charge >= 0.3 is 0 Å². The topological polar surface area (TPSA) is 12.4 Å². The third kappa shape index (κ3) is 5.89. The maximum atomic E-state index is 4.24. The van der Waals surface area contributed by atoms with Crippen molar-refractivity contribution in [3.63, 3.8) is 0 Å². The number of hydrogen-bond acceptors (Lipinski definition) is 2. The highest BCUT2D eigenvalue weighted by Gasteiger charge is 1.82. The van der Waals surface area contributed by atoms with Crippen LogP contribution in [0.3, 0.4) is 0 Å². The smallest absolute Gasteiger partial charge is 0.0232 e. The van der Waals surface area contributed by atoms with E-state index in [9.17, 15) is 0 Å². The molecule has 0 aromatic carbocycles. The molecule has 0 aromatic rings. The van der Waals surface area contributed by atoms with Crippen molar-refractivity contribution < 1.29 is 0 Å². The molecule has 10 heavy (non-hydrogen) atoms. The van der Waals surface area contributed by atoms with Crippen molar-refractivity contribution in [3.8, 4) is 0 Å². The van der Waals surface area contributed by atoms with E-state index in [0.717, 1.165) is 6.42 Å². The number of allylic oxidation sites excluding steroid dienone is 1. The average Bonchev–Trinajstić information content (AvgIpc) is 1.87. The monoisotopic (exact) mass is 157 g/mol. The zero-order valence-electron chi connectivity index (χ0n) is 7.14. The summed E-state index contributed by atoms with van der Waals surface area (Å²) in [6.45, 7) is 8.31. The fraction of sp³-hybridized carbons (Fsp3) is 0.625. The van der Waals surface area contributed by atoms with E-state index in [1.807, 2.05) is 6.92 Å². The maximum Gasteiger partial charge on any atom is 0.0232 e. The Balaban J connectivity index is 3.63. The van der Waals surface area contributed by atoms with Gasteiger partial charge < -0.3 is 0 Å². The summed E-state index contributed by atoms with van der Waals surface area (Å²) in [6, 6.07) is 0. The molecule has 58 valence electrons. The third-order valence-corrected chi connectivity index (χ3v) is 2.00. The maximum absolute atomic E-state index is 4.24. The highest BCUT2D eigenvalue weighted by Crippen LogP contribution is 2.08. The van der Waals surface area contributed by atoms with Crippen LogP contribution >= 0.6 is 11.9 Å². The lowest BCUT2D eigenvalue weighted by Gasteiger charge is -1.90. The van der Waals surface area contributed by atoms with E-state index >= 15 is 0 Å². The van der Waals surface area contributed by atoms with Gasteiger partial charge in [0.05, 0.1) is 0 Å². The summed E-state index contributed by atoms with van der Waals surface area (Å²) < 4.78 is 4.24. The number of hydrogen-bond donors (Lipinski definition) is 0. The van der Waals surface area contributed by atoms with Gasteiger partial charge in [-0.3, -0.25) is 0 Å². The number of nitrogens with zero attached hydrogens (tertiary/aromatic N) is 1. The first-order valence-corrected chi connectivity index (χ1v) is 4.33. The van der Waals surface area contributed by atoms with Crippen molar-refractivity contribution in [2.45, 2.75) is 34.1 Å². The van der Waals surface area contributed by atoms with Gasteiger partial charge in [0.25, 0.3) is 0 Å². The summed E-state index contributed by atoms with van der Waals surface area (Å²) in [7, 11) is 0. The van der Waals surface area contributed by atoms with Crippen molar-refractivity contribution in [3.05, 3.63) is 11.0 Å². The largest absolute Gasteiger partial charge is 0.221 e. The molecule has 0 unspecified atom stereocenters. The second-order valence-corrected chi connectivity index (χ2v) is 3.11. The third-order valence-electron chi connectivity index (χ3n) is 1.01. The predicted octanol–water partition coefficient (Wildman–Crippen LogP) is 3.43. The molecule has 0 heterocycles. The van der Waals surface area contributed by atoms with Crippen molar-refractivity contribution in [1.82, 2.24) is 0 Å². The second kappa shape index (κ2) is 5.54. The first kappa shape index (κ1) is 9.76. The van der Waals surface area contributed by atoms with Gasteiger partial charge in [-0.05, 0) is 32.6 Å². The molecule has 0 N–H and O–H groups in total. The summed E-state index contributed by atoms with van der Waals surface area (Å²) in [4.78, 5) is 0. The predicted molar refractivity (Wildman–Crippen MR) is 50.4 cm³/mol. The van der Waals surface area contributed by atoms with Crippen molar-refractivity contribution >= 4 is 17.7 Å². The molecule has 0 amide bonds. The van der Waals surface area contributed by atoms with Gasteiger partial charge in [0.15, 0.2) is 0 Å². The van der Waals surface area contributed by atoms with Crippen LogP contribution in [0.15, 0.2) is 15.4 Å². The first-order valence-electron chi connectivity index (χ1n) is 3.49. The molecule has 2 heteroatoms. The van der Waals surface area contributed by atoms with Crippen LogP contribution < -0.4 is 0 Å². The molecule has 0 aliphatic heterocycles. The SMILES string of the molecule is CCC(C)=NSC=C(C)C. The van der Waals surface area contributed by atoms with Crippen molar-refractivity contribution in [1.29, 1.82) is 0 Å². The fourth-order valence-electron chi connectivity index (χ4n) is 0.286. The zero-order valence-corrected chi connectivity index (χ0v) is 7.96. The highest BCUT2D eigenvalue weighted by molar-refractivity contribution is 8.01. The molecule has 0 atom stereocenters. The van der Waals surface area contributed by atoms with Crippen molar-refractivity contribution in [2.75, 3.05) is 0 Å². The van der Waals surface area contributed by atoms with Gasteiger partial charge in [-0.25, -0.2) is 4.40 Å². The lowest BCUT2D eigenvalue weighted by Crippen LogP contribution is -1.82. The zero-order chi connectivity index (χ0) is 7.98. The van der Waals surface area contributed by atoms with Crippen LogP contribution in [-0.2, 0) is 0 Å². The highest BCUT2D eigenvalue weighted by atomic mass is 32.2. The Morgan fingerprint density at radius 3 is 2.40 bits per heavy atom. The lowest BCUT2D eigenvalue weighted by molar-refractivity contribution is 1.27. The van der Waals surface area contributed by atoms with Crippen LogP contribution in [-0.4, -0.2) is 5.71 Å². The van der Waals surface area contributed by atoms with E-state index in [4.69, 9.17) is 0 Å². The summed E-state index contributed by atoms with van der Waals surface area (Å²) in [5.74, 6) is 0. The summed E-state index contributed by atoms with van der Waals surface area (Å²) in [6.07, 6.45) is 1.05. The molecule has 0 rings (SSSR count). The molecule has 0 saturated carbocycles. The van der Waals surface area contributed by atoms with Gasteiger partial charge in [-0.2, -0.15) is 0 Å². The molecule has 0 aromatic heterocycles. The molecule has 0 bridgehead atoms. The molecule has 0 aliphatic rings. The molecule has 0 spiro atoms. The van der Waals surface area contributed by atoms with Gasteiger partial charge in [0.2, 0.25) is 0 Å². The minimum atomic E-state index is 1.05. The minimum absolute atomic E-state index is 1.05. The Hall–Kier alpha value is -0.240.